The highest BCUT2D eigenvalue weighted by Gasteiger charge is 2.12. The number of halogens is 1. The Morgan fingerprint density at radius 2 is 2.00 bits per heavy atom. The van der Waals surface area contributed by atoms with E-state index in [1.165, 1.54) is 5.56 Å². The van der Waals surface area contributed by atoms with Gasteiger partial charge in [-0.25, -0.2) is 5.43 Å². The second kappa shape index (κ2) is 5.82. The molecule has 2 rings (SSSR count). The van der Waals surface area contributed by atoms with Crippen molar-refractivity contribution in [3.8, 4) is 0 Å². The molecule has 0 atom stereocenters. The molecule has 1 aromatic rings. The van der Waals surface area contributed by atoms with Gasteiger partial charge in [-0.2, -0.15) is 5.10 Å². The van der Waals surface area contributed by atoms with Gasteiger partial charge >= 0.3 is 0 Å². The normalized spacial score (nSPS) is 15.4. The molecule has 17 heavy (non-hydrogen) atoms. The van der Waals surface area contributed by atoms with Crippen LogP contribution in [0, 0.1) is 0 Å². The molecule has 1 aromatic carbocycles. The number of carbonyl (C=O) groups excluding carboxylic acids is 1. The zero-order valence-corrected chi connectivity index (χ0v) is 10.3. The molecule has 0 radical (unpaired) electrons. The van der Waals surface area contributed by atoms with Crippen molar-refractivity contribution in [2.45, 2.75) is 25.7 Å². The SMILES string of the molecule is O=C1CCC(c2ccc(CCCCl)cc2)=NN1. The molecule has 1 N–H and O–H groups in total. The minimum atomic E-state index is -0.00696. The summed E-state index contributed by atoms with van der Waals surface area (Å²) in [6.07, 6.45) is 3.24. The molecule has 0 aromatic heterocycles. The molecule has 1 aliphatic heterocycles. The summed E-state index contributed by atoms with van der Waals surface area (Å²) in [5, 5.41) is 4.07. The molecule has 4 heteroatoms. The molecule has 1 amide bonds. The van der Waals surface area contributed by atoms with Crippen LogP contribution in [0.3, 0.4) is 0 Å². The van der Waals surface area contributed by atoms with E-state index >= 15 is 0 Å². The molecular formula is C13H15ClN2O. The molecule has 1 aliphatic rings. The Morgan fingerprint density at radius 3 is 2.59 bits per heavy atom. The monoisotopic (exact) mass is 250 g/mol. The van der Waals surface area contributed by atoms with E-state index < -0.39 is 0 Å². The molecule has 0 spiro atoms. The van der Waals surface area contributed by atoms with E-state index in [-0.39, 0.29) is 5.91 Å². The highest BCUT2D eigenvalue weighted by molar-refractivity contribution is 6.17. The van der Waals surface area contributed by atoms with Crippen molar-refractivity contribution in [2.24, 2.45) is 5.10 Å². The Hall–Kier alpha value is -1.35. The third-order valence-corrected chi connectivity index (χ3v) is 3.06. The highest BCUT2D eigenvalue weighted by Crippen LogP contribution is 2.12. The number of nitrogens with one attached hydrogen (secondary N) is 1. The summed E-state index contributed by atoms with van der Waals surface area (Å²) in [6, 6.07) is 8.31. The van der Waals surface area contributed by atoms with Crippen molar-refractivity contribution in [1.82, 2.24) is 5.43 Å². The average Bonchev–Trinajstić information content (AvgIpc) is 2.38. The number of carbonyl (C=O) groups is 1. The molecule has 3 nitrogen and oxygen atoms in total. The molecular weight excluding hydrogens is 236 g/mol. The number of amides is 1. The smallest absolute Gasteiger partial charge is 0.240 e. The Balaban J connectivity index is 2.05. The van der Waals surface area contributed by atoms with Crippen molar-refractivity contribution in [3.05, 3.63) is 35.4 Å². The first-order chi connectivity index (χ1) is 8.29. The van der Waals surface area contributed by atoms with E-state index in [1.807, 2.05) is 0 Å². The van der Waals surface area contributed by atoms with Crippen molar-refractivity contribution in [2.75, 3.05) is 5.88 Å². The third kappa shape index (κ3) is 3.30. The summed E-state index contributed by atoms with van der Waals surface area (Å²) in [4.78, 5) is 11.0. The summed E-state index contributed by atoms with van der Waals surface area (Å²) < 4.78 is 0. The van der Waals surface area contributed by atoms with Gasteiger partial charge in [0, 0.05) is 18.7 Å². The lowest BCUT2D eigenvalue weighted by Crippen LogP contribution is -2.25. The van der Waals surface area contributed by atoms with Gasteiger partial charge in [0.25, 0.3) is 0 Å². The van der Waals surface area contributed by atoms with Gasteiger partial charge in [0.2, 0.25) is 5.91 Å². The van der Waals surface area contributed by atoms with E-state index in [4.69, 9.17) is 11.6 Å². The predicted octanol–water partition coefficient (Wildman–Crippen LogP) is 2.47. The first kappa shape index (κ1) is 12.1. The van der Waals surface area contributed by atoms with Gasteiger partial charge in [-0.3, -0.25) is 4.79 Å². The Kier molecular flexibility index (Phi) is 4.15. The second-order valence-corrected chi connectivity index (χ2v) is 4.46. The number of hydrazone groups is 1. The number of nitrogens with zero attached hydrogens (tertiary/aromatic N) is 1. The molecule has 0 saturated heterocycles. The van der Waals surface area contributed by atoms with Crippen LogP contribution in [0.2, 0.25) is 0 Å². The van der Waals surface area contributed by atoms with Crippen LogP contribution in [-0.4, -0.2) is 17.5 Å². The maximum absolute atomic E-state index is 11.0. The standard InChI is InChI=1S/C13H15ClN2O/c14-9-1-2-10-3-5-11(6-4-10)12-7-8-13(17)16-15-12/h3-6H,1-2,7-9H2,(H,16,17). The van der Waals surface area contributed by atoms with Crippen molar-refractivity contribution in [1.29, 1.82) is 0 Å². The summed E-state index contributed by atoms with van der Waals surface area (Å²) >= 11 is 5.66. The molecule has 0 bridgehead atoms. The van der Waals surface area contributed by atoms with Crippen LogP contribution in [0.25, 0.3) is 0 Å². The number of alkyl halides is 1. The maximum Gasteiger partial charge on any atom is 0.240 e. The fourth-order valence-corrected chi connectivity index (χ4v) is 1.95. The van der Waals surface area contributed by atoms with E-state index in [2.05, 4.69) is 34.8 Å². The largest absolute Gasteiger partial charge is 0.273 e. The highest BCUT2D eigenvalue weighted by atomic mass is 35.5. The lowest BCUT2D eigenvalue weighted by Gasteiger charge is -2.12. The fraction of sp³-hybridized carbons (Fsp3) is 0.385. The Bertz CT molecular complexity index is 426. The summed E-state index contributed by atoms with van der Waals surface area (Å²) in [5.41, 5.74) is 5.83. The Morgan fingerprint density at radius 1 is 1.24 bits per heavy atom. The van der Waals surface area contributed by atoms with Crippen LogP contribution in [-0.2, 0) is 11.2 Å². The summed E-state index contributed by atoms with van der Waals surface area (Å²) in [6.45, 7) is 0. The molecule has 0 aliphatic carbocycles. The molecule has 0 fully saturated rings. The third-order valence-electron chi connectivity index (χ3n) is 2.79. The van der Waals surface area contributed by atoms with Crippen LogP contribution >= 0.6 is 11.6 Å². The van der Waals surface area contributed by atoms with Crippen molar-refractivity contribution < 1.29 is 4.79 Å². The van der Waals surface area contributed by atoms with Gasteiger partial charge in [0.1, 0.15) is 0 Å². The van der Waals surface area contributed by atoms with Crippen LogP contribution in [0.15, 0.2) is 29.4 Å². The van der Waals surface area contributed by atoms with Crippen LogP contribution in [0.5, 0.6) is 0 Å². The van der Waals surface area contributed by atoms with E-state index in [0.717, 1.165) is 24.1 Å². The van der Waals surface area contributed by atoms with E-state index in [0.29, 0.717) is 18.7 Å². The van der Waals surface area contributed by atoms with Crippen molar-refractivity contribution in [3.63, 3.8) is 0 Å². The van der Waals surface area contributed by atoms with Crippen LogP contribution in [0.1, 0.15) is 30.4 Å². The van der Waals surface area contributed by atoms with E-state index in [1.54, 1.807) is 0 Å². The lowest BCUT2D eigenvalue weighted by molar-refractivity contribution is -0.121. The zero-order chi connectivity index (χ0) is 12.1. The number of benzene rings is 1. The number of hydrogen-bond acceptors (Lipinski definition) is 2. The number of hydrogen-bond donors (Lipinski definition) is 1. The zero-order valence-electron chi connectivity index (χ0n) is 9.58. The van der Waals surface area contributed by atoms with Crippen LogP contribution < -0.4 is 5.43 Å². The summed E-state index contributed by atoms with van der Waals surface area (Å²) in [7, 11) is 0. The minimum absolute atomic E-state index is 0.00696. The topological polar surface area (TPSA) is 41.5 Å². The van der Waals surface area contributed by atoms with Gasteiger partial charge in [0.05, 0.1) is 5.71 Å². The van der Waals surface area contributed by atoms with E-state index in [9.17, 15) is 4.79 Å². The molecule has 0 saturated carbocycles. The quantitative estimate of drug-likeness (QED) is 0.820. The second-order valence-electron chi connectivity index (χ2n) is 4.08. The lowest BCUT2D eigenvalue weighted by atomic mass is 10.0. The molecule has 1 heterocycles. The number of rotatable bonds is 4. The van der Waals surface area contributed by atoms with Crippen LogP contribution in [0.4, 0.5) is 0 Å². The first-order valence-electron chi connectivity index (χ1n) is 5.80. The average molecular weight is 251 g/mol. The summed E-state index contributed by atoms with van der Waals surface area (Å²) in [5.74, 6) is 0.688. The predicted molar refractivity (Wildman–Crippen MR) is 69.4 cm³/mol. The maximum atomic E-state index is 11.0. The van der Waals surface area contributed by atoms with Gasteiger partial charge in [0.15, 0.2) is 0 Å². The number of aryl methyl sites for hydroxylation is 1. The van der Waals surface area contributed by atoms with Gasteiger partial charge in [-0.1, -0.05) is 24.3 Å². The molecule has 90 valence electrons. The first-order valence-corrected chi connectivity index (χ1v) is 6.34. The fourth-order valence-electron chi connectivity index (χ4n) is 1.82. The molecule has 0 unspecified atom stereocenters. The minimum Gasteiger partial charge on any atom is -0.273 e. The van der Waals surface area contributed by atoms with Gasteiger partial charge in [-0.15, -0.1) is 11.6 Å². The Labute approximate surface area is 106 Å². The van der Waals surface area contributed by atoms with Gasteiger partial charge < -0.3 is 0 Å². The van der Waals surface area contributed by atoms with Crippen molar-refractivity contribution >= 4 is 23.2 Å². The van der Waals surface area contributed by atoms with Gasteiger partial charge in [-0.05, 0) is 24.0 Å².